The molecule has 1 fully saturated rings. The van der Waals surface area contributed by atoms with Gasteiger partial charge in [-0.3, -0.25) is 0 Å². The molecule has 0 spiro atoms. The summed E-state index contributed by atoms with van der Waals surface area (Å²) in [6.07, 6.45) is 11.1. The Labute approximate surface area is 165 Å². The van der Waals surface area contributed by atoms with Crippen LogP contribution in [0.1, 0.15) is 24.1 Å². The minimum Gasteiger partial charge on any atom is -0.384 e. The molecule has 28 heavy (non-hydrogen) atoms. The second kappa shape index (κ2) is 10.3. The van der Waals surface area contributed by atoms with Gasteiger partial charge in [-0.15, -0.1) is 0 Å². The molecule has 0 saturated carbocycles. The number of anilines is 3. The SMILES string of the molecule is COCC=Cc1cnc(Nc2cnc(C#N)cn2)cc1NCC1CCNCC1. The second-order valence-corrected chi connectivity index (χ2v) is 6.61. The highest BCUT2D eigenvalue weighted by Crippen LogP contribution is 2.23. The minimum atomic E-state index is 0.279. The van der Waals surface area contributed by atoms with Crippen molar-refractivity contribution in [3.8, 4) is 6.07 Å². The van der Waals surface area contributed by atoms with Crippen LogP contribution in [0.3, 0.4) is 0 Å². The molecule has 0 aromatic carbocycles. The predicted octanol–water partition coefficient (Wildman–Crippen LogP) is 2.56. The number of nitrogens with one attached hydrogen (secondary N) is 3. The molecule has 0 amide bonds. The number of pyridine rings is 1. The third kappa shape index (κ3) is 5.74. The largest absolute Gasteiger partial charge is 0.384 e. The van der Waals surface area contributed by atoms with Gasteiger partial charge >= 0.3 is 0 Å². The number of aromatic nitrogens is 3. The van der Waals surface area contributed by atoms with Crippen LogP contribution in [0, 0.1) is 17.2 Å². The fourth-order valence-electron chi connectivity index (χ4n) is 3.01. The summed E-state index contributed by atoms with van der Waals surface area (Å²) in [5, 5.41) is 18.9. The number of methoxy groups -OCH3 is 1. The molecule has 0 bridgehead atoms. The van der Waals surface area contributed by atoms with Gasteiger partial charge < -0.3 is 20.7 Å². The van der Waals surface area contributed by atoms with Gasteiger partial charge in [0.05, 0.1) is 19.0 Å². The fourth-order valence-corrected chi connectivity index (χ4v) is 3.01. The highest BCUT2D eigenvalue weighted by molar-refractivity contribution is 5.70. The van der Waals surface area contributed by atoms with Gasteiger partial charge in [-0.1, -0.05) is 12.2 Å². The zero-order chi connectivity index (χ0) is 19.6. The smallest absolute Gasteiger partial charge is 0.158 e. The molecule has 3 heterocycles. The van der Waals surface area contributed by atoms with Crippen molar-refractivity contribution in [3.05, 3.63) is 42.0 Å². The van der Waals surface area contributed by atoms with Gasteiger partial charge in [-0.2, -0.15) is 5.26 Å². The van der Waals surface area contributed by atoms with Gasteiger partial charge in [0, 0.05) is 37.2 Å². The average molecular weight is 379 g/mol. The molecule has 3 N–H and O–H groups in total. The normalized spacial score (nSPS) is 14.7. The van der Waals surface area contributed by atoms with Gasteiger partial charge in [0.1, 0.15) is 17.7 Å². The van der Waals surface area contributed by atoms with Gasteiger partial charge in [0.2, 0.25) is 0 Å². The number of ether oxygens (including phenoxy) is 1. The first-order chi connectivity index (χ1) is 13.8. The first-order valence-electron chi connectivity index (χ1n) is 9.37. The van der Waals surface area contributed by atoms with E-state index in [9.17, 15) is 0 Å². The lowest BCUT2D eigenvalue weighted by molar-refractivity contribution is 0.234. The molecule has 8 nitrogen and oxygen atoms in total. The van der Waals surface area contributed by atoms with Crippen molar-refractivity contribution in [2.45, 2.75) is 12.8 Å². The molecule has 1 aliphatic heterocycles. The summed E-state index contributed by atoms with van der Waals surface area (Å²) in [5.41, 5.74) is 2.29. The van der Waals surface area contributed by atoms with Crippen LogP contribution in [0.2, 0.25) is 0 Å². The number of hydrogen-bond acceptors (Lipinski definition) is 8. The molecule has 146 valence electrons. The summed E-state index contributed by atoms with van der Waals surface area (Å²) in [6, 6.07) is 3.92. The molecule has 8 heteroatoms. The first kappa shape index (κ1) is 19.7. The second-order valence-electron chi connectivity index (χ2n) is 6.61. The number of nitriles is 1. The van der Waals surface area contributed by atoms with E-state index in [1.165, 1.54) is 25.2 Å². The van der Waals surface area contributed by atoms with Crippen LogP contribution in [0.4, 0.5) is 17.3 Å². The highest BCUT2D eigenvalue weighted by Gasteiger charge is 2.13. The van der Waals surface area contributed by atoms with Crippen LogP contribution >= 0.6 is 0 Å². The maximum absolute atomic E-state index is 8.83. The van der Waals surface area contributed by atoms with E-state index < -0.39 is 0 Å². The molecule has 2 aromatic rings. The molecule has 1 saturated heterocycles. The van der Waals surface area contributed by atoms with E-state index in [4.69, 9.17) is 10.00 Å². The Hall–Kier alpha value is -3.02. The third-order valence-electron chi connectivity index (χ3n) is 4.56. The average Bonchev–Trinajstić information content (AvgIpc) is 2.75. The van der Waals surface area contributed by atoms with E-state index in [1.807, 2.05) is 30.5 Å². The summed E-state index contributed by atoms with van der Waals surface area (Å²) < 4.78 is 5.10. The Morgan fingerprint density at radius 3 is 2.75 bits per heavy atom. The Kier molecular flexibility index (Phi) is 7.29. The van der Waals surface area contributed by atoms with Crippen LogP contribution in [-0.2, 0) is 4.74 Å². The Morgan fingerprint density at radius 2 is 2.04 bits per heavy atom. The van der Waals surface area contributed by atoms with E-state index in [0.29, 0.717) is 24.2 Å². The summed E-state index contributed by atoms with van der Waals surface area (Å²) in [7, 11) is 1.67. The van der Waals surface area contributed by atoms with Crippen molar-refractivity contribution in [2.75, 3.05) is 44.0 Å². The van der Waals surface area contributed by atoms with Crippen molar-refractivity contribution >= 4 is 23.4 Å². The maximum Gasteiger partial charge on any atom is 0.158 e. The van der Waals surface area contributed by atoms with E-state index >= 15 is 0 Å². The van der Waals surface area contributed by atoms with Gasteiger partial charge in [-0.05, 0) is 31.8 Å². The van der Waals surface area contributed by atoms with E-state index in [1.54, 1.807) is 7.11 Å². The number of piperidine rings is 1. The summed E-state index contributed by atoms with van der Waals surface area (Å²) >= 11 is 0. The lowest BCUT2D eigenvalue weighted by Gasteiger charge is -2.23. The monoisotopic (exact) mass is 379 g/mol. The van der Waals surface area contributed by atoms with Crippen LogP contribution in [0.15, 0.2) is 30.7 Å². The molecule has 0 radical (unpaired) electrons. The number of hydrogen-bond donors (Lipinski definition) is 3. The van der Waals surface area contributed by atoms with Gasteiger partial charge in [0.15, 0.2) is 5.69 Å². The predicted molar refractivity (Wildman–Crippen MR) is 109 cm³/mol. The molecule has 0 atom stereocenters. The van der Waals surface area contributed by atoms with Crippen molar-refractivity contribution < 1.29 is 4.74 Å². The quantitative estimate of drug-likeness (QED) is 0.642. The molecule has 0 aliphatic carbocycles. The van der Waals surface area contributed by atoms with Crippen LogP contribution < -0.4 is 16.0 Å². The van der Waals surface area contributed by atoms with Crippen LogP contribution in [-0.4, -0.2) is 48.3 Å². The lowest BCUT2D eigenvalue weighted by atomic mass is 9.98. The van der Waals surface area contributed by atoms with Gasteiger partial charge in [-0.25, -0.2) is 15.0 Å². The van der Waals surface area contributed by atoms with Crippen LogP contribution in [0.5, 0.6) is 0 Å². The zero-order valence-electron chi connectivity index (χ0n) is 16.0. The third-order valence-corrected chi connectivity index (χ3v) is 4.56. The summed E-state index contributed by atoms with van der Waals surface area (Å²) in [6.45, 7) is 3.63. The Balaban J connectivity index is 1.74. The summed E-state index contributed by atoms with van der Waals surface area (Å²) in [4.78, 5) is 12.7. The zero-order valence-corrected chi connectivity index (χ0v) is 16.0. The Bertz CT molecular complexity index is 823. The number of rotatable bonds is 8. The molecule has 2 aromatic heterocycles. The van der Waals surface area contributed by atoms with Crippen molar-refractivity contribution in [3.63, 3.8) is 0 Å². The summed E-state index contributed by atoms with van der Waals surface area (Å²) in [5.74, 6) is 1.86. The first-order valence-corrected chi connectivity index (χ1v) is 9.37. The van der Waals surface area contributed by atoms with Crippen molar-refractivity contribution in [2.24, 2.45) is 5.92 Å². The molecule has 3 rings (SSSR count). The fraction of sp³-hybridized carbons (Fsp3) is 0.400. The Morgan fingerprint density at radius 1 is 1.21 bits per heavy atom. The van der Waals surface area contributed by atoms with Crippen molar-refractivity contribution in [1.82, 2.24) is 20.3 Å². The van der Waals surface area contributed by atoms with Gasteiger partial charge in [0.25, 0.3) is 0 Å². The van der Waals surface area contributed by atoms with Crippen molar-refractivity contribution in [1.29, 1.82) is 5.26 Å². The molecule has 1 aliphatic rings. The highest BCUT2D eigenvalue weighted by atomic mass is 16.5. The topological polar surface area (TPSA) is 108 Å². The standard InChI is InChI=1S/C20H25N7O/c1-28-8-2-3-16-12-25-19(27-20-14-23-17(10-21)13-26-20)9-18(16)24-11-15-4-6-22-7-5-15/h2-3,9,12-15,22H,4-8,11H2,1H3,(H2,24,25,26,27). The lowest BCUT2D eigenvalue weighted by Crippen LogP contribution is -2.31. The molecule has 0 unspecified atom stereocenters. The van der Waals surface area contributed by atoms with E-state index in [0.717, 1.165) is 30.9 Å². The molecular weight excluding hydrogens is 354 g/mol. The minimum absolute atomic E-state index is 0.279. The molecular formula is C20H25N7O. The van der Waals surface area contributed by atoms with Crippen LogP contribution in [0.25, 0.3) is 6.08 Å². The maximum atomic E-state index is 8.83. The van der Waals surface area contributed by atoms with E-state index in [2.05, 4.69) is 30.9 Å². The number of nitrogens with zero attached hydrogens (tertiary/aromatic N) is 4. The van der Waals surface area contributed by atoms with E-state index in [-0.39, 0.29) is 5.69 Å².